The maximum atomic E-state index is 12.1. The van der Waals surface area contributed by atoms with Crippen molar-refractivity contribution in [1.82, 2.24) is 0 Å². The van der Waals surface area contributed by atoms with Gasteiger partial charge in [-0.25, -0.2) is 0 Å². The molecule has 17 heavy (non-hydrogen) atoms. The van der Waals surface area contributed by atoms with Crippen LogP contribution < -0.4 is 4.74 Å². The van der Waals surface area contributed by atoms with Gasteiger partial charge in [-0.05, 0) is 13.0 Å². The first-order valence-corrected chi connectivity index (χ1v) is 5.04. The van der Waals surface area contributed by atoms with Gasteiger partial charge in [0.05, 0.1) is 6.61 Å². The van der Waals surface area contributed by atoms with Crippen molar-refractivity contribution in [3.8, 4) is 5.75 Å². The molecular formula is C11H13F3O3. The summed E-state index contributed by atoms with van der Waals surface area (Å²) in [5.74, 6) is -0.410. The predicted octanol–water partition coefficient (Wildman–Crippen LogP) is 2.66. The quantitative estimate of drug-likeness (QED) is 0.873. The van der Waals surface area contributed by atoms with E-state index in [4.69, 9.17) is 4.74 Å². The fourth-order valence-corrected chi connectivity index (χ4v) is 1.29. The van der Waals surface area contributed by atoms with Gasteiger partial charge in [-0.3, -0.25) is 0 Å². The molecule has 1 aromatic carbocycles. The Labute approximate surface area is 96.8 Å². The van der Waals surface area contributed by atoms with E-state index in [0.717, 1.165) is 6.07 Å². The molecule has 6 heteroatoms. The van der Waals surface area contributed by atoms with Gasteiger partial charge in [0.2, 0.25) is 0 Å². The highest BCUT2D eigenvalue weighted by Gasteiger charge is 2.32. The summed E-state index contributed by atoms with van der Waals surface area (Å²) in [6.07, 6.45) is -5.92. The van der Waals surface area contributed by atoms with Crippen molar-refractivity contribution in [3.05, 3.63) is 29.8 Å². The number of rotatable bonds is 5. The lowest BCUT2D eigenvalue weighted by molar-refractivity contribution is -0.275. The molecule has 1 unspecified atom stereocenters. The standard InChI is InChI=1S/C11H13F3O3/c1-2-16-7-9(15)8-5-3-4-6-10(8)17-11(12,13)14/h3-6,9,15H,2,7H2,1H3. The monoisotopic (exact) mass is 250 g/mol. The van der Waals surface area contributed by atoms with E-state index in [-0.39, 0.29) is 12.2 Å². The lowest BCUT2D eigenvalue weighted by atomic mass is 10.1. The molecule has 0 aliphatic rings. The molecule has 0 aliphatic heterocycles. The highest BCUT2D eigenvalue weighted by Crippen LogP contribution is 2.30. The van der Waals surface area contributed by atoms with Gasteiger partial charge in [0, 0.05) is 12.2 Å². The normalized spacial score (nSPS) is 13.5. The van der Waals surface area contributed by atoms with Gasteiger partial charge >= 0.3 is 6.36 Å². The molecule has 1 N–H and O–H groups in total. The molecule has 0 aromatic heterocycles. The first-order valence-electron chi connectivity index (χ1n) is 5.04. The smallest absolute Gasteiger partial charge is 0.405 e. The van der Waals surface area contributed by atoms with Crippen LogP contribution in [0.15, 0.2) is 24.3 Å². The summed E-state index contributed by atoms with van der Waals surface area (Å²) in [6.45, 7) is 2.03. The van der Waals surface area contributed by atoms with E-state index in [2.05, 4.69) is 4.74 Å². The van der Waals surface area contributed by atoms with Crippen LogP contribution in [0.1, 0.15) is 18.6 Å². The van der Waals surface area contributed by atoms with Gasteiger partial charge in [0.25, 0.3) is 0 Å². The Morgan fingerprint density at radius 1 is 1.29 bits per heavy atom. The Hall–Kier alpha value is -1.27. The van der Waals surface area contributed by atoms with Gasteiger partial charge in [0.15, 0.2) is 0 Å². The third-order valence-electron chi connectivity index (χ3n) is 1.98. The summed E-state index contributed by atoms with van der Waals surface area (Å²) in [6, 6.07) is 5.44. The van der Waals surface area contributed by atoms with Crippen LogP contribution in [0.2, 0.25) is 0 Å². The Morgan fingerprint density at radius 2 is 1.94 bits per heavy atom. The van der Waals surface area contributed by atoms with Crippen molar-refractivity contribution < 1.29 is 27.8 Å². The maximum absolute atomic E-state index is 12.1. The zero-order valence-corrected chi connectivity index (χ0v) is 9.20. The lowest BCUT2D eigenvalue weighted by Crippen LogP contribution is -2.19. The zero-order valence-electron chi connectivity index (χ0n) is 9.20. The lowest BCUT2D eigenvalue weighted by Gasteiger charge is -2.16. The molecule has 1 atom stereocenters. The summed E-state index contributed by atoms with van der Waals surface area (Å²) in [5.41, 5.74) is 0.0540. The average molecular weight is 250 g/mol. The Morgan fingerprint density at radius 3 is 2.53 bits per heavy atom. The number of hydrogen-bond acceptors (Lipinski definition) is 3. The van der Waals surface area contributed by atoms with Crippen molar-refractivity contribution in [3.63, 3.8) is 0 Å². The molecule has 1 rings (SSSR count). The highest BCUT2D eigenvalue weighted by molar-refractivity contribution is 5.35. The summed E-state index contributed by atoms with van der Waals surface area (Å²) < 4.78 is 45.1. The van der Waals surface area contributed by atoms with E-state index in [9.17, 15) is 18.3 Å². The second kappa shape index (κ2) is 5.88. The minimum atomic E-state index is -4.78. The van der Waals surface area contributed by atoms with E-state index >= 15 is 0 Å². The molecule has 0 aliphatic carbocycles. The largest absolute Gasteiger partial charge is 0.573 e. The van der Waals surface area contributed by atoms with Crippen LogP contribution in [0, 0.1) is 0 Å². The molecule has 0 spiro atoms. The van der Waals surface area contributed by atoms with Crippen molar-refractivity contribution in [2.24, 2.45) is 0 Å². The number of halogens is 3. The van der Waals surface area contributed by atoms with E-state index in [1.165, 1.54) is 18.2 Å². The van der Waals surface area contributed by atoms with Crippen molar-refractivity contribution in [2.75, 3.05) is 13.2 Å². The van der Waals surface area contributed by atoms with Gasteiger partial charge in [-0.15, -0.1) is 13.2 Å². The number of ether oxygens (including phenoxy) is 2. The average Bonchev–Trinajstić information content (AvgIpc) is 2.24. The topological polar surface area (TPSA) is 38.7 Å². The second-order valence-corrected chi connectivity index (χ2v) is 3.26. The molecular weight excluding hydrogens is 237 g/mol. The molecule has 0 saturated carbocycles. The molecule has 0 saturated heterocycles. The fraction of sp³-hybridized carbons (Fsp3) is 0.455. The number of aliphatic hydroxyl groups is 1. The van der Waals surface area contributed by atoms with Gasteiger partial charge in [-0.2, -0.15) is 0 Å². The molecule has 3 nitrogen and oxygen atoms in total. The van der Waals surface area contributed by atoms with E-state index in [1.807, 2.05) is 0 Å². The fourth-order valence-electron chi connectivity index (χ4n) is 1.29. The molecule has 0 amide bonds. The molecule has 0 fully saturated rings. The third-order valence-corrected chi connectivity index (χ3v) is 1.98. The van der Waals surface area contributed by atoms with Crippen molar-refractivity contribution >= 4 is 0 Å². The van der Waals surface area contributed by atoms with E-state index in [0.29, 0.717) is 6.61 Å². The van der Waals surface area contributed by atoms with Crippen LogP contribution in [0.5, 0.6) is 5.75 Å². The number of benzene rings is 1. The molecule has 0 bridgehead atoms. The highest BCUT2D eigenvalue weighted by atomic mass is 19.4. The van der Waals surface area contributed by atoms with Crippen LogP contribution >= 0.6 is 0 Å². The molecule has 96 valence electrons. The number of alkyl halides is 3. The SMILES string of the molecule is CCOCC(O)c1ccccc1OC(F)(F)F. The first-order chi connectivity index (χ1) is 7.94. The minimum Gasteiger partial charge on any atom is -0.405 e. The van der Waals surface area contributed by atoms with Crippen LogP contribution in [-0.2, 0) is 4.74 Å². The summed E-state index contributed by atoms with van der Waals surface area (Å²) >= 11 is 0. The predicted molar refractivity (Wildman–Crippen MR) is 54.6 cm³/mol. The number of para-hydroxylation sites is 1. The third kappa shape index (κ3) is 4.62. The van der Waals surface area contributed by atoms with E-state index in [1.54, 1.807) is 6.92 Å². The van der Waals surface area contributed by atoms with Gasteiger partial charge in [0.1, 0.15) is 11.9 Å². The maximum Gasteiger partial charge on any atom is 0.573 e. The van der Waals surface area contributed by atoms with Crippen LogP contribution in [-0.4, -0.2) is 24.7 Å². The Kier molecular flexibility index (Phi) is 4.77. The number of aliphatic hydroxyl groups excluding tert-OH is 1. The van der Waals surface area contributed by atoms with Gasteiger partial charge in [-0.1, -0.05) is 18.2 Å². The zero-order chi connectivity index (χ0) is 12.9. The summed E-state index contributed by atoms with van der Waals surface area (Å²) in [7, 11) is 0. The Bertz CT molecular complexity index is 352. The van der Waals surface area contributed by atoms with E-state index < -0.39 is 18.2 Å². The first kappa shape index (κ1) is 13.8. The Balaban J connectivity index is 2.83. The molecule has 1 aromatic rings. The van der Waals surface area contributed by atoms with Crippen LogP contribution in [0.4, 0.5) is 13.2 Å². The van der Waals surface area contributed by atoms with Crippen LogP contribution in [0.3, 0.4) is 0 Å². The number of hydrogen-bond donors (Lipinski definition) is 1. The molecule has 0 radical (unpaired) electrons. The second-order valence-electron chi connectivity index (χ2n) is 3.26. The molecule has 0 heterocycles. The van der Waals surface area contributed by atoms with Gasteiger partial charge < -0.3 is 14.6 Å². The minimum absolute atomic E-state index is 0.0540. The summed E-state index contributed by atoms with van der Waals surface area (Å²) in [5, 5.41) is 9.66. The van der Waals surface area contributed by atoms with Crippen molar-refractivity contribution in [2.45, 2.75) is 19.4 Å². The summed E-state index contributed by atoms with van der Waals surface area (Å²) in [4.78, 5) is 0. The van der Waals surface area contributed by atoms with Crippen LogP contribution in [0.25, 0.3) is 0 Å². The van der Waals surface area contributed by atoms with Crippen molar-refractivity contribution in [1.29, 1.82) is 0 Å².